The predicted octanol–water partition coefficient (Wildman–Crippen LogP) is 4.59. The lowest BCUT2D eigenvalue weighted by Crippen LogP contribution is -2.37. The molecule has 0 radical (unpaired) electrons. The highest BCUT2D eigenvalue weighted by molar-refractivity contribution is 8.01. The lowest BCUT2D eigenvalue weighted by molar-refractivity contribution is -0.137. The van der Waals surface area contributed by atoms with Crippen LogP contribution in [0.1, 0.15) is 16.7 Å². The van der Waals surface area contributed by atoms with E-state index in [1.807, 2.05) is 42.5 Å². The molecule has 0 aromatic heterocycles. The molecular weight excluding hydrogens is 374 g/mol. The quantitative estimate of drug-likeness (QED) is 0.664. The summed E-state index contributed by atoms with van der Waals surface area (Å²) in [5.41, 5.74) is 9.38. The van der Waals surface area contributed by atoms with Gasteiger partial charge in [-0.05, 0) is 28.8 Å². The summed E-state index contributed by atoms with van der Waals surface area (Å²) in [6, 6.07) is 26.1. The van der Waals surface area contributed by atoms with E-state index in [2.05, 4.69) is 36.4 Å². The van der Waals surface area contributed by atoms with Crippen molar-refractivity contribution in [3.63, 3.8) is 0 Å². The van der Waals surface area contributed by atoms with Gasteiger partial charge in [-0.1, -0.05) is 78.5 Å². The number of thioether (sulfide) groups is 1. The minimum Gasteiger partial charge on any atom is -0.480 e. The molecular formula is C22H19NO2S2. The Morgan fingerprint density at radius 1 is 0.926 bits per heavy atom. The van der Waals surface area contributed by atoms with Gasteiger partial charge in [0, 0.05) is 15.5 Å². The molecule has 3 aromatic carbocycles. The number of carbonyl (C=O) groups is 1. The average Bonchev–Trinajstić information content (AvgIpc) is 2.71. The minimum atomic E-state index is -0.975. The van der Waals surface area contributed by atoms with Gasteiger partial charge in [-0.25, -0.2) is 0 Å². The van der Waals surface area contributed by atoms with E-state index in [1.54, 1.807) is 23.5 Å². The van der Waals surface area contributed by atoms with Crippen LogP contribution in [0.2, 0.25) is 0 Å². The maximum atomic E-state index is 11.4. The van der Waals surface area contributed by atoms with Gasteiger partial charge in [-0.2, -0.15) is 0 Å². The van der Waals surface area contributed by atoms with Gasteiger partial charge in [0.25, 0.3) is 0 Å². The van der Waals surface area contributed by atoms with E-state index in [0.717, 1.165) is 5.56 Å². The lowest BCUT2D eigenvalue weighted by atomic mass is 9.83. The number of nitrogens with two attached hydrogens (primary N) is 1. The molecule has 0 amide bonds. The molecule has 0 fully saturated rings. The van der Waals surface area contributed by atoms with Crippen LogP contribution in [0, 0.1) is 0 Å². The number of hydrogen-bond acceptors (Lipinski definition) is 4. The van der Waals surface area contributed by atoms with Crippen LogP contribution >= 0.6 is 23.5 Å². The summed E-state index contributed by atoms with van der Waals surface area (Å²) in [6.45, 7) is 0. The fourth-order valence-electron chi connectivity index (χ4n) is 3.47. The Balaban J connectivity index is 1.96. The highest BCUT2D eigenvalue weighted by Gasteiger charge is 2.43. The lowest BCUT2D eigenvalue weighted by Gasteiger charge is -2.41. The van der Waals surface area contributed by atoms with Crippen molar-refractivity contribution in [3.8, 4) is 0 Å². The van der Waals surface area contributed by atoms with Crippen molar-refractivity contribution < 1.29 is 9.90 Å². The van der Waals surface area contributed by atoms with Crippen LogP contribution in [-0.2, 0) is 9.54 Å². The molecule has 27 heavy (non-hydrogen) atoms. The molecule has 0 unspecified atom stereocenters. The molecule has 1 aliphatic rings. The van der Waals surface area contributed by atoms with Crippen LogP contribution in [0.3, 0.4) is 0 Å². The summed E-state index contributed by atoms with van der Waals surface area (Å²) in [5, 5.41) is 9.31. The molecule has 0 bridgehead atoms. The summed E-state index contributed by atoms with van der Waals surface area (Å²) in [5.74, 6) is -0.658. The Bertz CT molecular complexity index is 929. The van der Waals surface area contributed by atoms with Gasteiger partial charge in [-0.15, -0.1) is 11.8 Å². The second-order valence-corrected chi connectivity index (χ2v) is 8.72. The largest absolute Gasteiger partial charge is 0.480 e. The third-order valence-electron chi connectivity index (χ3n) is 4.73. The zero-order valence-electron chi connectivity index (χ0n) is 14.5. The van der Waals surface area contributed by atoms with Crippen LogP contribution in [0.25, 0.3) is 0 Å². The first kappa shape index (κ1) is 18.2. The normalized spacial score (nSPS) is 15.4. The fourth-order valence-corrected chi connectivity index (χ4v) is 6.33. The Morgan fingerprint density at radius 3 is 2.00 bits per heavy atom. The summed E-state index contributed by atoms with van der Waals surface area (Å²) in [6.07, 6.45) is 0. The summed E-state index contributed by atoms with van der Waals surface area (Å²) < 4.78 is -0.493. The van der Waals surface area contributed by atoms with E-state index in [1.165, 1.54) is 20.9 Å². The topological polar surface area (TPSA) is 63.3 Å². The van der Waals surface area contributed by atoms with Gasteiger partial charge in [0.2, 0.25) is 0 Å². The first-order valence-electron chi connectivity index (χ1n) is 8.67. The van der Waals surface area contributed by atoms with Gasteiger partial charge in [0.05, 0.1) is 4.75 Å². The molecule has 1 atom stereocenters. The number of rotatable bonds is 5. The second-order valence-electron chi connectivity index (χ2n) is 6.40. The maximum absolute atomic E-state index is 11.4. The van der Waals surface area contributed by atoms with E-state index in [9.17, 15) is 9.90 Å². The average molecular weight is 394 g/mol. The molecule has 3 aromatic rings. The monoisotopic (exact) mass is 393 g/mol. The van der Waals surface area contributed by atoms with Crippen molar-refractivity contribution >= 4 is 29.5 Å². The predicted molar refractivity (Wildman–Crippen MR) is 111 cm³/mol. The number of fused-ring (bicyclic) bond motifs is 2. The highest BCUT2D eigenvalue weighted by atomic mass is 32.2. The Hall–Kier alpha value is -2.21. The Morgan fingerprint density at radius 2 is 1.44 bits per heavy atom. The smallest absolute Gasteiger partial charge is 0.321 e. The highest BCUT2D eigenvalue weighted by Crippen LogP contribution is 2.57. The molecule has 0 aliphatic carbocycles. The molecule has 0 saturated carbocycles. The first-order valence-corrected chi connectivity index (χ1v) is 10.5. The summed E-state index contributed by atoms with van der Waals surface area (Å²) >= 11 is 3.36. The van der Waals surface area contributed by atoms with Gasteiger partial charge >= 0.3 is 5.97 Å². The van der Waals surface area contributed by atoms with Gasteiger partial charge in [0.15, 0.2) is 0 Å². The van der Waals surface area contributed by atoms with E-state index >= 15 is 0 Å². The van der Waals surface area contributed by atoms with Crippen molar-refractivity contribution in [1.29, 1.82) is 0 Å². The Labute approximate surface area is 167 Å². The number of carboxylic acid groups (broad SMARTS) is 1. The van der Waals surface area contributed by atoms with Crippen LogP contribution in [0.5, 0.6) is 0 Å². The van der Waals surface area contributed by atoms with Crippen molar-refractivity contribution in [2.24, 2.45) is 5.73 Å². The second kappa shape index (κ2) is 7.43. The number of benzene rings is 3. The molecule has 136 valence electrons. The van der Waals surface area contributed by atoms with Gasteiger partial charge < -0.3 is 10.8 Å². The first-order chi connectivity index (χ1) is 13.1. The van der Waals surface area contributed by atoms with Crippen molar-refractivity contribution in [1.82, 2.24) is 0 Å². The number of hydrogen-bond donors (Lipinski definition) is 2. The molecule has 0 spiro atoms. The summed E-state index contributed by atoms with van der Waals surface area (Å²) in [4.78, 5) is 13.7. The standard InChI is InChI=1S/C22H19NO2S2/c23-18(21(24)25)14-26-22(15-8-2-1-3-9-15)16-10-4-6-12-19(16)27-20-13-7-5-11-17(20)22/h1-13,18H,14,23H2,(H,24,25)/t18-/m1/s1. The van der Waals surface area contributed by atoms with Crippen LogP contribution in [0.15, 0.2) is 88.7 Å². The Kier molecular flexibility index (Phi) is 5.00. The van der Waals surface area contributed by atoms with E-state index in [-0.39, 0.29) is 0 Å². The molecule has 4 rings (SSSR count). The number of aliphatic carboxylic acids is 1. The van der Waals surface area contributed by atoms with Gasteiger partial charge in [0.1, 0.15) is 6.04 Å². The van der Waals surface area contributed by atoms with Crippen LogP contribution < -0.4 is 5.73 Å². The van der Waals surface area contributed by atoms with Crippen LogP contribution in [0.4, 0.5) is 0 Å². The maximum Gasteiger partial charge on any atom is 0.321 e. The van der Waals surface area contributed by atoms with Gasteiger partial charge in [-0.3, -0.25) is 4.79 Å². The molecule has 3 N–H and O–H groups in total. The van der Waals surface area contributed by atoms with Crippen molar-refractivity contribution in [3.05, 3.63) is 95.6 Å². The molecule has 0 saturated heterocycles. The van der Waals surface area contributed by atoms with E-state index < -0.39 is 16.8 Å². The van der Waals surface area contributed by atoms with Crippen molar-refractivity contribution in [2.75, 3.05) is 5.75 Å². The third-order valence-corrected chi connectivity index (χ3v) is 7.52. The molecule has 5 heteroatoms. The van der Waals surface area contributed by atoms with E-state index in [0.29, 0.717) is 5.75 Å². The van der Waals surface area contributed by atoms with Crippen molar-refractivity contribution in [2.45, 2.75) is 20.6 Å². The number of carboxylic acids is 1. The fraction of sp³-hybridized carbons (Fsp3) is 0.136. The SMILES string of the molecule is N[C@H](CSC1(c2ccccc2)c2ccccc2Sc2ccccc21)C(=O)O. The zero-order valence-corrected chi connectivity index (χ0v) is 16.2. The third kappa shape index (κ3) is 3.16. The molecule has 1 heterocycles. The summed E-state index contributed by atoms with van der Waals surface area (Å²) in [7, 11) is 0. The van der Waals surface area contributed by atoms with Crippen LogP contribution in [-0.4, -0.2) is 22.9 Å². The molecule has 3 nitrogen and oxygen atoms in total. The van der Waals surface area contributed by atoms with E-state index in [4.69, 9.17) is 5.73 Å². The minimum absolute atomic E-state index is 0.317. The zero-order chi connectivity index (χ0) is 18.9. The molecule has 1 aliphatic heterocycles.